The number of piperazine rings is 1. The fourth-order valence-corrected chi connectivity index (χ4v) is 2.54. The molecule has 0 spiro atoms. The maximum Gasteiger partial charge on any atom is 0.253 e. The summed E-state index contributed by atoms with van der Waals surface area (Å²) in [5.74, 6) is 1.68. The molecule has 1 aliphatic heterocycles. The summed E-state index contributed by atoms with van der Waals surface area (Å²) in [4.78, 5) is 16.4. The summed E-state index contributed by atoms with van der Waals surface area (Å²) in [6.07, 6.45) is 0. The molecule has 2 aromatic rings. The minimum Gasteiger partial charge on any atom is -0.360 e. The van der Waals surface area contributed by atoms with Crippen molar-refractivity contribution in [3.05, 3.63) is 46.7 Å². The first-order valence-corrected chi connectivity index (χ1v) is 7.24. The molecule has 1 aromatic carbocycles. The second-order valence-corrected chi connectivity index (χ2v) is 5.52. The third-order valence-electron chi connectivity index (χ3n) is 3.60. The van der Waals surface area contributed by atoms with Crippen LogP contribution in [0.5, 0.6) is 0 Å². The van der Waals surface area contributed by atoms with Gasteiger partial charge in [0.05, 0.1) is 0 Å². The molecule has 110 valence electrons. The molecule has 0 bridgehead atoms. The van der Waals surface area contributed by atoms with Crippen molar-refractivity contribution in [3.8, 4) is 0 Å². The summed E-state index contributed by atoms with van der Waals surface area (Å²) in [5, 5.41) is 4.65. The van der Waals surface area contributed by atoms with Gasteiger partial charge in [-0.2, -0.15) is 0 Å². The number of carbonyl (C=O) groups excluding carboxylic acids is 1. The Balaban J connectivity index is 1.63. The van der Waals surface area contributed by atoms with Crippen LogP contribution in [-0.2, 0) is 0 Å². The van der Waals surface area contributed by atoms with Crippen LogP contribution in [0.2, 0.25) is 5.02 Å². The van der Waals surface area contributed by atoms with E-state index in [4.69, 9.17) is 16.1 Å². The summed E-state index contributed by atoms with van der Waals surface area (Å²) in [7, 11) is 0. The molecule has 1 aliphatic rings. The number of hydrogen-bond acceptors (Lipinski definition) is 4. The largest absolute Gasteiger partial charge is 0.360 e. The highest BCUT2D eigenvalue weighted by Gasteiger charge is 2.23. The first-order chi connectivity index (χ1) is 10.1. The minimum absolute atomic E-state index is 0.0441. The number of nitrogens with zero attached hydrogens (tertiary/aromatic N) is 3. The lowest BCUT2D eigenvalue weighted by Crippen LogP contribution is -2.48. The van der Waals surface area contributed by atoms with Gasteiger partial charge in [-0.1, -0.05) is 16.8 Å². The second-order valence-electron chi connectivity index (χ2n) is 5.08. The van der Waals surface area contributed by atoms with Crippen LogP contribution in [0.4, 0.5) is 5.82 Å². The lowest BCUT2D eigenvalue weighted by Gasteiger charge is -2.34. The van der Waals surface area contributed by atoms with Crippen LogP contribution in [0.25, 0.3) is 0 Å². The van der Waals surface area contributed by atoms with Crippen LogP contribution in [0.1, 0.15) is 16.1 Å². The van der Waals surface area contributed by atoms with E-state index in [0.717, 1.165) is 24.7 Å². The Labute approximate surface area is 128 Å². The van der Waals surface area contributed by atoms with Crippen LogP contribution < -0.4 is 4.90 Å². The third kappa shape index (κ3) is 3.03. The maximum absolute atomic E-state index is 12.4. The zero-order valence-electron chi connectivity index (χ0n) is 11.8. The normalized spacial score (nSPS) is 15.3. The van der Waals surface area contributed by atoms with E-state index in [9.17, 15) is 4.79 Å². The highest BCUT2D eigenvalue weighted by Crippen LogP contribution is 2.17. The smallest absolute Gasteiger partial charge is 0.253 e. The summed E-state index contributed by atoms with van der Waals surface area (Å²) in [6, 6.07) is 8.92. The van der Waals surface area contributed by atoms with E-state index in [-0.39, 0.29) is 5.91 Å². The summed E-state index contributed by atoms with van der Waals surface area (Å²) < 4.78 is 5.09. The van der Waals surface area contributed by atoms with Gasteiger partial charge in [0.1, 0.15) is 5.76 Å². The van der Waals surface area contributed by atoms with Gasteiger partial charge in [0, 0.05) is 42.8 Å². The topological polar surface area (TPSA) is 49.6 Å². The Hall–Kier alpha value is -2.01. The van der Waals surface area contributed by atoms with Gasteiger partial charge in [-0.25, -0.2) is 0 Å². The molecule has 0 N–H and O–H groups in total. The molecule has 1 fully saturated rings. The van der Waals surface area contributed by atoms with Crippen molar-refractivity contribution in [1.29, 1.82) is 0 Å². The number of amides is 1. The van der Waals surface area contributed by atoms with E-state index in [1.807, 2.05) is 17.9 Å². The first kappa shape index (κ1) is 13.9. The molecular weight excluding hydrogens is 290 g/mol. The molecule has 0 aliphatic carbocycles. The lowest BCUT2D eigenvalue weighted by atomic mass is 10.2. The molecule has 0 saturated carbocycles. The van der Waals surface area contributed by atoms with Crippen LogP contribution in [0, 0.1) is 6.92 Å². The Morgan fingerprint density at radius 1 is 1.19 bits per heavy atom. The van der Waals surface area contributed by atoms with Crippen molar-refractivity contribution in [2.24, 2.45) is 0 Å². The van der Waals surface area contributed by atoms with Crippen LogP contribution >= 0.6 is 11.6 Å². The number of carbonyl (C=O) groups is 1. The van der Waals surface area contributed by atoms with Crippen molar-refractivity contribution in [2.75, 3.05) is 31.1 Å². The SMILES string of the molecule is Cc1cc(N2CCN(C(=O)c3ccc(Cl)cc3)CC2)no1. The highest BCUT2D eigenvalue weighted by atomic mass is 35.5. The molecule has 1 amide bonds. The number of anilines is 1. The molecule has 2 heterocycles. The third-order valence-corrected chi connectivity index (χ3v) is 3.85. The molecule has 6 heteroatoms. The van der Waals surface area contributed by atoms with Gasteiger partial charge < -0.3 is 14.3 Å². The predicted octanol–water partition coefficient (Wildman–Crippen LogP) is 2.60. The fraction of sp³-hybridized carbons (Fsp3) is 0.333. The summed E-state index contributed by atoms with van der Waals surface area (Å²) in [5.41, 5.74) is 0.671. The fourth-order valence-electron chi connectivity index (χ4n) is 2.42. The van der Waals surface area contributed by atoms with Gasteiger partial charge >= 0.3 is 0 Å². The van der Waals surface area contributed by atoms with Crippen molar-refractivity contribution in [1.82, 2.24) is 10.1 Å². The molecule has 21 heavy (non-hydrogen) atoms. The number of rotatable bonds is 2. The number of halogens is 1. The average Bonchev–Trinajstić information content (AvgIpc) is 2.94. The van der Waals surface area contributed by atoms with Gasteiger partial charge in [0.15, 0.2) is 5.82 Å². The highest BCUT2D eigenvalue weighted by molar-refractivity contribution is 6.30. The predicted molar refractivity (Wildman–Crippen MR) is 80.8 cm³/mol. The molecule has 0 unspecified atom stereocenters. The first-order valence-electron chi connectivity index (χ1n) is 6.86. The van der Waals surface area contributed by atoms with E-state index in [1.165, 1.54) is 0 Å². The number of benzene rings is 1. The summed E-state index contributed by atoms with van der Waals surface area (Å²) >= 11 is 5.84. The second kappa shape index (κ2) is 5.77. The number of hydrogen-bond donors (Lipinski definition) is 0. The van der Waals surface area contributed by atoms with Crippen molar-refractivity contribution in [3.63, 3.8) is 0 Å². The molecular formula is C15H16ClN3O2. The van der Waals surface area contributed by atoms with E-state index >= 15 is 0 Å². The van der Waals surface area contributed by atoms with Crippen molar-refractivity contribution in [2.45, 2.75) is 6.92 Å². The van der Waals surface area contributed by atoms with E-state index in [0.29, 0.717) is 23.7 Å². The zero-order chi connectivity index (χ0) is 14.8. The number of aryl methyl sites for hydroxylation is 1. The van der Waals surface area contributed by atoms with Crippen molar-refractivity contribution >= 4 is 23.3 Å². The van der Waals surface area contributed by atoms with Gasteiger partial charge in [-0.3, -0.25) is 4.79 Å². The number of aromatic nitrogens is 1. The lowest BCUT2D eigenvalue weighted by molar-refractivity contribution is 0.0746. The Morgan fingerprint density at radius 3 is 2.43 bits per heavy atom. The Kier molecular flexibility index (Phi) is 3.84. The van der Waals surface area contributed by atoms with E-state index in [1.54, 1.807) is 24.3 Å². The van der Waals surface area contributed by atoms with Gasteiger partial charge in [0.25, 0.3) is 5.91 Å². The standard InChI is InChI=1S/C15H16ClN3O2/c1-11-10-14(17-21-11)18-6-8-19(9-7-18)15(20)12-2-4-13(16)5-3-12/h2-5,10H,6-9H2,1H3. The van der Waals surface area contributed by atoms with Crippen LogP contribution in [0.3, 0.4) is 0 Å². The van der Waals surface area contributed by atoms with Crippen molar-refractivity contribution < 1.29 is 9.32 Å². The van der Waals surface area contributed by atoms with Gasteiger partial charge in [-0.15, -0.1) is 0 Å². The zero-order valence-corrected chi connectivity index (χ0v) is 12.5. The Morgan fingerprint density at radius 2 is 1.86 bits per heavy atom. The molecule has 1 saturated heterocycles. The molecule has 5 nitrogen and oxygen atoms in total. The van der Waals surface area contributed by atoms with E-state index in [2.05, 4.69) is 10.1 Å². The average molecular weight is 306 g/mol. The monoisotopic (exact) mass is 305 g/mol. The molecule has 1 aromatic heterocycles. The maximum atomic E-state index is 12.4. The van der Waals surface area contributed by atoms with E-state index < -0.39 is 0 Å². The van der Waals surface area contributed by atoms with Gasteiger partial charge in [0.2, 0.25) is 0 Å². The summed E-state index contributed by atoms with van der Waals surface area (Å²) in [6.45, 7) is 4.73. The minimum atomic E-state index is 0.0441. The Bertz CT molecular complexity index is 631. The molecule has 0 radical (unpaired) electrons. The molecule has 3 rings (SSSR count). The molecule has 0 atom stereocenters. The quantitative estimate of drug-likeness (QED) is 0.856. The van der Waals surface area contributed by atoms with Crippen LogP contribution in [-0.4, -0.2) is 42.1 Å². The van der Waals surface area contributed by atoms with Gasteiger partial charge in [-0.05, 0) is 31.2 Å². The van der Waals surface area contributed by atoms with Crippen LogP contribution in [0.15, 0.2) is 34.9 Å².